The van der Waals surface area contributed by atoms with E-state index < -0.39 is 28.5 Å². The van der Waals surface area contributed by atoms with Gasteiger partial charge in [0.2, 0.25) is 0 Å². The Morgan fingerprint density at radius 3 is 1.00 bits per heavy atom. The molecule has 0 spiro atoms. The highest BCUT2D eigenvalue weighted by atomic mass is 16.4. The second-order valence-electron chi connectivity index (χ2n) is 8.15. The lowest BCUT2D eigenvalue weighted by Crippen LogP contribution is -2.36. The van der Waals surface area contributed by atoms with Crippen LogP contribution in [0.25, 0.3) is 46.4 Å². The molecule has 3 aromatic rings. The lowest BCUT2D eigenvalue weighted by Gasteiger charge is -2.04. The molecule has 0 aromatic carbocycles. The Morgan fingerprint density at radius 2 is 0.694 bits per heavy atom. The van der Waals surface area contributed by atoms with Gasteiger partial charge in [-0.3, -0.25) is 0 Å². The summed E-state index contributed by atoms with van der Waals surface area (Å²) in [5.41, 5.74) is 1.10. The van der Waals surface area contributed by atoms with Crippen LogP contribution in [0.5, 0.6) is 0 Å². The number of nitrogens with zero attached hydrogens (tertiary/aromatic N) is 2. The van der Waals surface area contributed by atoms with E-state index in [2.05, 4.69) is 19.9 Å². The van der Waals surface area contributed by atoms with Crippen LogP contribution < -0.4 is 21.9 Å². The summed E-state index contributed by atoms with van der Waals surface area (Å²) in [6.07, 6.45) is 5.79. The number of fused-ring (bicyclic) bond motifs is 8. The molecule has 0 unspecified atom stereocenters. The molecule has 0 saturated carbocycles. The third-order valence-corrected chi connectivity index (χ3v) is 5.95. The van der Waals surface area contributed by atoms with E-state index >= 15 is 0 Å². The summed E-state index contributed by atoms with van der Waals surface area (Å²) in [6, 6.07) is 5.99. The van der Waals surface area contributed by atoms with Crippen molar-refractivity contribution in [3.8, 4) is 0 Å². The minimum atomic E-state index is -2.00. The number of H-pyrrole nitrogens is 2. The fourth-order valence-electron chi connectivity index (χ4n) is 4.38. The fourth-order valence-corrected chi connectivity index (χ4v) is 4.38. The van der Waals surface area contributed by atoms with E-state index in [-0.39, 0.29) is 66.7 Å². The number of aromatic nitrogens is 4. The van der Waals surface area contributed by atoms with Crippen LogP contribution in [0, 0.1) is 0 Å². The van der Waals surface area contributed by atoms with Gasteiger partial charge in [-0.2, -0.15) is 0 Å². The molecule has 2 aliphatic heterocycles. The highest BCUT2D eigenvalue weighted by molar-refractivity contribution is 6.65. The number of hydrogen-bond donors (Lipinski definition) is 10. The summed E-state index contributed by atoms with van der Waals surface area (Å²) >= 11 is 0. The van der Waals surface area contributed by atoms with Gasteiger partial charge in [0.05, 0.1) is 22.8 Å². The van der Waals surface area contributed by atoms with Crippen molar-refractivity contribution in [2.24, 2.45) is 0 Å². The topological polar surface area (TPSA) is 219 Å². The Labute approximate surface area is 204 Å². The molecule has 5 heterocycles. The van der Waals surface area contributed by atoms with Crippen LogP contribution in [0.2, 0.25) is 0 Å². The first kappa shape index (κ1) is 24.2. The van der Waals surface area contributed by atoms with E-state index in [1.54, 1.807) is 0 Å². The average molecular weight is 486 g/mol. The smallest absolute Gasteiger partial charge is 0.423 e. The zero-order chi connectivity index (χ0) is 25.7. The van der Waals surface area contributed by atoms with Crippen LogP contribution in [0.15, 0.2) is 24.3 Å². The molecule has 0 saturated heterocycles. The van der Waals surface area contributed by atoms with Crippen molar-refractivity contribution in [3.05, 3.63) is 47.0 Å². The zero-order valence-electron chi connectivity index (χ0n) is 18.4. The van der Waals surface area contributed by atoms with Crippen molar-refractivity contribution >= 4 is 96.7 Å². The molecule has 178 valence electrons. The van der Waals surface area contributed by atoms with Crippen molar-refractivity contribution in [2.75, 3.05) is 0 Å². The number of rotatable bonds is 4. The Balaban J connectivity index is 2.03. The molecule has 0 amide bonds. The third kappa shape index (κ3) is 4.11. The lowest BCUT2D eigenvalue weighted by molar-refractivity contribution is 0.424. The summed E-state index contributed by atoms with van der Waals surface area (Å²) in [7, 11) is -7.92. The zero-order valence-corrected chi connectivity index (χ0v) is 18.4. The maximum absolute atomic E-state index is 10.1. The van der Waals surface area contributed by atoms with Crippen molar-refractivity contribution in [3.63, 3.8) is 0 Å². The molecule has 2 aliphatic rings. The molecule has 36 heavy (non-hydrogen) atoms. The van der Waals surface area contributed by atoms with Gasteiger partial charge in [0, 0.05) is 43.9 Å². The Morgan fingerprint density at radius 1 is 0.417 bits per heavy atom. The van der Waals surface area contributed by atoms with E-state index in [1.165, 1.54) is 48.6 Å². The first-order chi connectivity index (χ1) is 17.2. The summed E-state index contributed by atoms with van der Waals surface area (Å²) in [6.45, 7) is 0. The maximum atomic E-state index is 10.1. The van der Waals surface area contributed by atoms with Crippen LogP contribution in [-0.4, -0.2) is 88.6 Å². The molecule has 0 aliphatic carbocycles. The number of hydrogen-bond acceptors (Lipinski definition) is 10. The second-order valence-corrected chi connectivity index (χ2v) is 8.15. The lowest BCUT2D eigenvalue weighted by atomic mass is 9.77. The number of nitrogens with one attached hydrogen (secondary N) is 2. The van der Waals surface area contributed by atoms with Crippen LogP contribution in [0.3, 0.4) is 0 Å². The molecule has 3 aromatic heterocycles. The maximum Gasteiger partial charge on any atom is 0.492 e. The van der Waals surface area contributed by atoms with E-state index in [0.29, 0.717) is 0 Å². The third-order valence-electron chi connectivity index (χ3n) is 5.95. The standard InChI is InChI=1S/C20H18B4N4O8/c29-21(30)17-9-1-2-10(25-9)18(22(31)32)12-5-6-14(27-12)20(24(35)36)16-8-7-15(28-16)19(23(33)34)13-4-3-11(17)26-13/h1-8,25-26,29-36H. The van der Waals surface area contributed by atoms with Gasteiger partial charge in [0.15, 0.2) is 0 Å². The predicted molar refractivity (Wildman–Crippen MR) is 138 cm³/mol. The van der Waals surface area contributed by atoms with Gasteiger partial charge in [-0.1, -0.05) is 0 Å². The van der Waals surface area contributed by atoms with Gasteiger partial charge in [-0.25, -0.2) is 9.97 Å². The summed E-state index contributed by atoms with van der Waals surface area (Å²) in [5, 5.41) is 80.8. The van der Waals surface area contributed by atoms with Crippen LogP contribution in [0.4, 0.5) is 0 Å². The molecule has 16 heteroatoms. The van der Waals surface area contributed by atoms with Crippen LogP contribution in [-0.2, 0) is 0 Å². The monoisotopic (exact) mass is 486 g/mol. The van der Waals surface area contributed by atoms with Crippen LogP contribution >= 0.6 is 0 Å². The van der Waals surface area contributed by atoms with E-state index in [1.807, 2.05) is 0 Å². The molecule has 12 nitrogen and oxygen atoms in total. The fraction of sp³-hybridized carbons (Fsp3) is 0. The molecule has 5 rings (SSSR count). The van der Waals surface area contributed by atoms with Gasteiger partial charge < -0.3 is 50.2 Å². The molecular weight excluding hydrogens is 467 g/mol. The normalized spacial score (nSPS) is 12.2. The first-order valence-corrected chi connectivity index (χ1v) is 10.8. The summed E-state index contributed by atoms with van der Waals surface area (Å²) < 4.78 is 0. The molecular formula is C20H18B4N4O8. The molecule has 8 bridgehead atoms. The van der Waals surface area contributed by atoms with Gasteiger partial charge >= 0.3 is 28.5 Å². The highest BCUT2D eigenvalue weighted by Gasteiger charge is 2.27. The Hall–Kier alpha value is -3.46. The van der Waals surface area contributed by atoms with Gasteiger partial charge in [-0.15, -0.1) is 0 Å². The van der Waals surface area contributed by atoms with Crippen LogP contribution in [0.1, 0.15) is 22.8 Å². The van der Waals surface area contributed by atoms with Crippen molar-refractivity contribution < 1.29 is 40.2 Å². The van der Waals surface area contributed by atoms with E-state index in [9.17, 15) is 40.2 Å². The second kappa shape index (κ2) is 9.20. The highest BCUT2D eigenvalue weighted by Crippen LogP contribution is 2.16. The van der Waals surface area contributed by atoms with Gasteiger partial charge in [-0.05, 0) is 48.6 Å². The number of aromatic amines is 2. The molecule has 0 atom stereocenters. The van der Waals surface area contributed by atoms with Gasteiger partial charge in [0.25, 0.3) is 0 Å². The molecule has 10 N–H and O–H groups in total. The summed E-state index contributed by atoms with van der Waals surface area (Å²) in [4.78, 5) is 14.5. The molecule has 0 radical (unpaired) electrons. The predicted octanol–water partition coefficient (Wildman–Crippen LogP) is -4.63. The minimum absolute atomic E-state index is 0.00415. The van der Waals surface area contributed by atoms with E-state index in [0.717, 1.165) is 0 Å². The van der Waals surface area contributed by atoms with Crippen molar-refractivity contribution in [2.45, 2.75) is 0 Å². The summed E-state index contributed by atoms with van der Waals surface area (Å²) in [5.74, 6) is 0. The SMILES string of the molecule is OB(O)c1c2nc(c(B(O)O)c3ccc([nH]3)c(B(O)O)c3ccc([nH]3)c(B(O)O)c3nc1C=C3)C=C2. The van der Waals surface area contributed by atoms with Crippen molar-refractivity contribution in [1.29, 1.82) is 0 Å². The Bertz CT molecular complexity index is 1470. The average Bonchev–Trinajstić information content (AvgIpc) is 3.57. The Kier molecular flexibility index (Phi) is 6.20. The van der Waals surface area contributed by atoms with Crippen molar-refractivity contribution in [1.82, 2.24) is 19.9 Å². The quantitative estimate of drug-likeness (QED) is 0.110. The van der Waals surface area contributed by atoms with Gasteiger partial charge in [0.1, 0.15) is 0 Å². The van der Waals surface area contributed by atoms with E-state index in [4.69, 9.17) is 0 Å². The minimum Gasteiger partial charge on any atom is -0.423 e. The largest absolute Gasteiger partial charge is 0.492 e. The first-order valence-electron chi connectivity index (χ1n) is 10.8. The molecule has 0 fully saturated rings.